The predicted octanol–water partition coefficient (Wildman–Crippen LogP) is 3.83. The Morgan fingerprint density at radius 3 is 2.85 bits per heavy atom. The van der Waals surface area contributed by atoms with Crippen molar-refractivity contribution in [3.05, 3.63) is 70.3 Å². The number of thiazole rings is 1. The number of anilines is 1. The highest BCUT2D eigenvalue weighted by molar-refractivity contribution is 7.98. The van der Waals surface area contributed by atoms with Crippen molar-refractivity contribution < 1.29 is 4.79 Å². The molecule has 2 heterocycles. The number of nitrogens with one attached hydrogen (secondary N) is 1. The average Bonchev–Trinajstić information content (AvgIpc) is 3.18. The molecule has 0 aliphatic heterocycles. The van der Waals surface area contributed by atoms with E-state index in [9.17, 15) is 4.79 Å². The molecule has 0 aliphatic rings. The fourth-order valence-corrected chi connectivity index (χ4v) is 3.95. The molecule has 1 amide bonds. The molecule has 0 atom stereocenters. The Bertz CT molecular complexity index is 865. The van der Waals surface area contributed by atoms with E-state index in [1.165, 1.54) is 0 Å². The Morgan fingerprint density at radius 2 is 2.08 bits per heavy atom. The van der Waals surface area contributed by atoms with Gasteiger partial charge in [-0.05, 0) is 29.8 Å². The number of hydrogen-bond acceptors (Lipinski definition) is 6. The van der Waals surface area contributed by atoms with Gasteiger partial charge in [0.1, 0.15) is 5.82 Å². The van der Waals surface area contributed by atoms with Gasteiger partial charge in [-0.3, -0.25) is 4.79 Å². The third-order valence-corrected chi connectivity index (χ3v) is 5.45. The van der Waals surface area contributed by atoms with Crippen LogP contribution in [-0.4, -0.2) is 30.0 Å². The van der Waals surface area contributed by atoms with Crippen molar-refractivity contribution in [2.24, 2.45) is 0 Å². The minimum atomic E-state index is -0.0745. The molecule has 0 bridgehead atoms. The van der Waals surface area contributed by atoms with Crippen LogP contribution in [-0.2, 0) is 12.3 Å². The van der Waals surface area contributed by atoms with Gasteiger partial charge in [0, 0.05) is 42.9 Å². The van der Waals surface area contributed by atoms with Gasteiger partial charge < -0.3 is 10.2 Å². The largest absolute Gasteiger partial charge is 0.363 e. The minimum absolute atomic E-state index is 0.0745. The second-order valence-electron chi connectivity index (χ2n) is 5.86. The van der Waals surface area contributed by atoms with Crippen LogP contribution in [0, 0.1) is 0 Å². The number of amides is 1. The van der Waals surface area contributed by atoms with Crippen molar-refractivity contribution in [1.82, 2.24) is 15.3 Å². The molecule has 0 unspecified atom stereocenters. The molecule has 2 aromatic heterocycles. The van der Waals surface area contributed by atoms with Gasteiger partial charge in [0.2, 0.25) is 0 Å². The van der Waals surface area contributed by atoms with E-state index >= 15 is 0 Å². The summed E-state index contributed by atoms with van der Waals surface area (Å²) < 4.78 is 0. The van der Waals surface area contributed by atoms with Crippen LogP contribution in [0.25, 0.3) is 0 Å². The topological polar surface area (TPSA) is 58.1 Å². The van der Waals surface area contributed by atoms with Crippen LogP contribution < -0.4 is 10.2 Å². The van der Waals surface area contributed by atoms with E-state index in [0.29, 0.717) is 12.1 Å². The molecule has 3 rings (SSSR count). The number of hydrogen-bond donors (Lipinski definition) is 1. The highest BCUT2D eigenvalue weighted by atomic mass is 32.2. The van der Waals surface area contributed by atoms with Gasteiger partial charge in [0.25, 0.3) is 5.91 Å². The Kier molecular flexibility index (Phi) is 6.25. The van der Waals surface area contributed by atoms with E-state index in [2.05, 4.69) is 15.3 Å². The Hall–Kier alpha value is -2.38. The van der Waals surface area contributed by atoms with Crippen molar-refractivity contribution in [2.75, 3.05) is 19.0 Å². The molecule has 7 heteroatoms. The predicted molar refractivity (Wildman–Crippen MR) is 108 cm³/mol. The van der Waals surface area contributed by atoms with Gasteiger partial charge in [0.15, 0.2) is 0 Å². The van der Waals surface area contributed by atoms with Gasteiger partial charge in [-0.2, -0.15) is 0 Å². The molecule has 1 aromatic carbocycles. The molecule has 0 radical (unpaired) electrons. The normalized spacial score (nSPS) is 10.5. The van der Waals surface area contributed by atoms with Crippen LogP contribution in [0.15, 0.2) is 58.4 Å². The van der Waals surface area contributed by atoms with E-state index in [4.69, 9.17) is 0 Å². The lowest BCUT2D eigenvalue weighted by atomic mass is 10.2. The second-order valence-corrected chi connectivity index (χ2v) is 7.60. The fraction of sp³-hybridized carbons (Fsp3) is 0.211. The summed E-state index contributed by atoms with van der Waals surface area (Å²) in [6, 6.07) is 11.6. The molecule has 5 nitrogen and oxygen atoms in total. The van der Waals surface area contributed by atoms with Crippen LogP contribution >= 0.6 is 23.1 Å². The highest BCUT2D eigenvalue weighted by Crippen LogP contribution is 2.26. The van der Waals surface area contributed by atoms with Crippen molar-refractivity contribution in [1.29, 1.82) is 0 Å². The first kappa shape index (κ1) is 18.4. The Morgan fingerprint density at radius 1 is 1.23 bits per heavy atom. The van der Waals surface area contributed by atoms with Crippen LogP contribution in [0.1, 0.15) is 21.6 Å². The lowest BCUT2D eigenvalue weighted by molar-refractivity contribution is 0.0948. The minimum Gasteiger partial charge on any atom is -0.363 e. The Balaban J connectivity index is 1.65. The Labute approximate surface area is 161 Å². The molecule has 0 fully saturated rings. The summed E-state index contributed by atoms with van der Waals surface area (Å²) in [6.45, 7) is 0.466. The van der Waals surface area contributed by atoms with Crippen LogP contribution in [0.4, 0.5) is 5.82 Å². The number of pyridine rings is 1. The summed E-state index contributed by atoms with van der Waals surface area (Å²) in [5.74, 6) is 1.55. The zero-order valence-corrected chi connectivity index (χ0v) is 16.3. The maximum Gasteiger partial charge on any atom is 0.252 e. The SMILES string of the molecule is CN(C)c1cc(CNC(=O)c2ccccc2SCc2cscn2)ccn1. The molecule has 26 heavy (non-hydrogen) atoms. The standard InChI is InChI=1S/C19H20N4OS2/c1-23(2)18-9-14(7-8-20-18)10-21-19(24)16-5-3-4-6-17(16)26-12-15-11-25-13-22-15/h3-9,11,13H,10,12H2,1-2H3,(H,21,24). The summed E-state index contributed by atoms with van der Waals surface area (Å²) in [7, 11) is 3.89. The molecule has 0 spiro atoms. The van der Waals surface area contributed by atoms with Crippen LogP contribution in [0.3, 0.4) is 0 Å². The zero-order valence-electron chi connectivity index (χ0n) is 14.7. The van der Waals surface area contributed by atoms with Crippen molar-refractivity contribution in [3.63, 3.8) is 0 Å². The number of aromatic nitrogens is 2. The number of carbonyl (C=O) groups is 1. The fourth-order valence-electron chi connectivity index (χ4n) is 2.33. The van der Waals surface area contributed by atoms with Crippen molar-refractivity contribution >= 4 is 34.8 Å². The van der Waals surface area contributed by atoms with E-state index < -0.39 is 0 Å². The first-order valence-corrected chi connectivity index (χ1v) is 10.1. The van der Waals surface area contributed by atoms with Crippen molar-refractivity contribution in [3.8, 4) is 0 Å². The van der Waals surface area contributed by atoms with Gasteiger partial charge in [-0.1, -0.05) is 12.1 Å². The number of thioether (sulfide) groups is 1. The van der Waals surface area contributed by atoms with Crippen LogP contribution in [0.5, 0.6) is 0 Å². The highest BCUT2D eigenvalue weighted by Gasteiger charge is 2.12. The third kappa shape index (κ3) is 4.83. The molecule has 0 aliphatic carbocycles. The molecular weight excluding hydrogens is 364 g/mol. The number of rotatable bonds is 7. The van der Waals surface area contributed by atoms with E-state index in [-0.39, 0.29) is 5.91 Å². The average molecular weight is 385 g/mol. The summed E-state index contributed by atoms with van der Waals surface area (Å²) in [5.41, 5.74) is 4.56. The molecule has 3 aromatic rings. The van der Waals surface area contributed by atoms with Gasteiger partial charge in [-0.15, -0.1) is 23.1 Å². The quantitative estimate of drug-likeness (QED) is 0.628. The molecule has 0 saturated carbocycles. The third-order valence-electron chi connectivity index (χ3n) is 3.71. The maximum absolute atomic E-state index is 12.7. The monoisotopic (exact) mass is 384 g/mol. The van der Waals surface area contributed by atoms with E-state index in [1.54, 1.807) is 29.3 Å². The molecule has 0 saturated heterocycles. The molecule has 1 N–H and O–H groups in total. The summed E-state index contributed by atoms with van der Waals surface area (Å²) >= 11 is 3.21. The maximum atomic E-state index is 12.7. The smallest absolute Gasteiger partial charge is 0.252 e. The summed E-state index contributed by atoms with van der Waals surface area (Å²) in [6.07, 6.45) is 1.76. The number of carbonyl (C=O) groups excluding carboxylic acids is 1. The van der Waals surface area contributed by atoms with Crippen LogP contribution in [0.2, 0.25) is 0 Å². The first-order chi connectivity index (χ1) is 12.6. The van der Waals surface area contributed by atoms with Crippen molar-refractivity contribution in [2.45, 2.75) is 17.2 Å². The summed E-state index contributed by atoms with van der Waals surface area (Å²) in [4.78, 5) is 24.1. The van der Waals surface area contributed by atoms with E-state index in [0.717, 1.165) is 27.7 Å². The number of nitrogens with zero attached hydrogens (tertiary/aromatic N) is 3. The number of benzene rings is 1. The summed E-state index contributed by atoms with van der Waals surface area (Å²) in [5, 5.41) is 5.03. The lowest BCUT2D eigenvalue weighted by Gasteiger charge is -2.13. The first-order valence-electron chi connectivity index (χ1n) is 8.13. The van der Waals surface area contributed by atoms with Gasteiger partial charge in [0.05, 0.1) is 16.8 Å². The lowest BCUT2D eigenvalue weighted by Crippen LogP contribution is -2.23. The zero-order chi connectivity index (χ0) is 18.4. The van der Waals surface area contributed by atoms with Gasteiger partial charge >= 0.3 is 0 Å². The van der Waals surface area contributed by atoms with Gasteiger partial charge in [-0.25, -0.2) is 9.97 Å². The van der Waals surface area contributed by atoms with E-state index in [1.807, 2.05) is 66.3 Å². The molecule has 134 valence electrons. The molecular formula is C19H20N4OS2. The second kappa shape index (κ2) is 8.82.